The Hall–Kier alpha value is -2.04. The maximum absolute atomic E-state index is 12.1. The third kappa shape index (κ3) is 5.58. The van der Waals surface area contributed by atoms with Crippen LogP contribution in [0.1, 0.15) is 49.4 Å². The highest BCUT2D eigenvalue weighted by Crippen LogP contribution is 2.15. The number of esters is 1. The van der Waals surface area contributed by atoms with Gasteiger partial charge in [0, 0.05) is 13.1 Å². The number of benzene rings is 1. The zero-order chi connectivity index (χ0) is 16.5. The van der Waals surface area contributed by atoms with Gasteiger partial charge < -0.3 is 14.4 Å². The zero-order valence-electron chi connectivity index (χ0n) is 13.8. The van der Waals surface area contributed by atoms with Crippen LogP contribution in [-0.4, -0.2) is 43.1 Å². The molecule has 1 heterocycles. The highest BCUT2D eigenvalue weighted by molar-refractivity contribution is 5.91. The number of rotatable bonds is 6. The molecule has 0 bridgehead atoms. The van der Waals surface area contributed by atoms with Crippen molar-refractivity contribution in [3.63, 3.8) is 0 Å². The number of carbonyl (C=O) groups is 2. The molecular formula is C18H25NO4. The largest absolute Gasteiger partial charge is 0.494 e. The molecule has 0 aliphatic carbocycles. The topological polar surface area (TPSA) is 55.8 Å². The summed E-state index contributed by atoms with van der Waals surface area (Å²) in [5.41, 5.74) is 0.405. The van der Waals surface area contributed by atoms with Crippen molar-refractivity contribution in [2.24, 2.45) is 0 Å². The average Bonchev–Trinajstić information content (AvgIpc) is 2.87. The molecule has 1 aromatic carbocycles. The Morgan fingerprint density at radius 1 is 1.13 bits per heavy atom. The summed E-state index contributed by atoms with van der Waals surface area (Å²) in [7, 11) is 0. The van der Waals surface area contributed by atoms with Gasteiger partial charge in [-0.15, -0.1) is 0 Å². The zero-order valence-corrected chi connectivity index (χ0v) is 13.8. The van der Waals surface area contributed by atoms with Crippen molar-refractivity contribution in [1.82, 2.24) is 4.90 Å². The molecule has 0 aromatic heterocycles. The third-order valence-electron chi connectivity index (χ3n) is 3.83. The standard InChI is InChI=1S/C18H25NO4/c1-2-12-22-16-9-7-8-15(13-16)18(21)23-14-17(20)19-10-5-3-4-6-11-19/h7-9,13H,2-6,10-12,14H2,1H3. The van der Waals surface area contributed by atoms with E-state index in [2.05, 4.69) is 0 Å². The van der Waals surface area contributed by atoms with Gasteiger partial charge in [-0.25, -0.2) is 4.79 Å². The summed E-state index contributed by atoms with van der Waals surface area (Å²) in [6.07, 6.45) is 5.27. The lowest BCUT2D eigenvalue weighted by Crippen LogP contribution is -2.35. The molecule has 1 saturated heterocycles. The number of likely N-dealkylation sites (tertiary alicyclic amines) is 1. The van der Waals surface area contributed by atoms with Crippen LogP contribution in [0.4, 0.5) is 0 Å². The molecule has 1 fully saturated rings. The van der Waals surface area contributed by atoms with E-state index >= 15 is 0 Å². The molecular weight excluding hydrogens is 294 g/mol. The second kappa shape index (κ2) is 9.18. The van der Waals surface area contributed by atoms with Crippen molar-refractivity contribution in [3.05, 3.63) is 29.8 Å². The summed E-state index contributed by atoms with van der Waals surface area (Å²) < 4.78 is 10.7. The molecule has 1 aliphatic heterocycles. The minimum Gasteiger partial charge on any atom is -0.494 e. The summed E-state index contributed by atoms with van der Waals surface area (Å²) in [6.45, 7) is 3.95. The lowest BCUT2D eigenvalue weighted by molar-refractivity contribution is -0.134. The van der Waals surface area contributed by atoms with Crippen molar-refractivity contribution in [3.8, 4) is 5.75 Å². The average molecular weight is 319 g/mol. The molecule has 5 nitrogen and oxygen atoms in total. The van der Waals surface area contributed by atoms with Gasteiger partial charge in [-0.1, -0.05) is 25.8 Å². The highest BCUT2D eigenvalue weighted by atomic mass is 16.5. The molecule has 0 radical (unpaired) electrons. The molecule has 1 aromatic rings. The maximum atomic E-state index is 12.1. The number of hydrogen-bond donors (Lipinski definition) is 0. The Morgan fingerprint density at radius 3 is 2.57 bits per heavy atom. The van der Waals surface area contributed by atoms with Crippen molar-refractivity contribution < 1.29 is 19.1 Å². The fourth-order valence-corrected chi connectivity index (χ4v) is 2.55. The molecule has 1 amide bonds. The minimum absolute atomic E-state index is 0.112. The van der Waals surface area contributed by atoms with Crippen molar-refractivity contribution >= 4 is 11.9 Å². The first-order valence-electron chi connectivity index (χ1n) is 8.38. The molecule has 0 spiro atoms. The fourth-order valence-electron chi connectivity index (χ4n) is 2.55. The van der Waals surface area contributed by atoms with Crippen molar-refractivity contribution in [2.75, 3.05) is 26.3 Å². The van der Waals surface area contributed by atoms with E-state index in [1.807, 2.05) is 6.92 Å². The highest BCUT2D eigenvalue weighted by Gasteiger charge is 2.17. The van der Waals surface area contributed by atoms with Gasteiger partial charge in [0.05, 0.1) is 12.2 Å². The Morgan fingerprint density at radius 2 is 1.87 bits per heavy atom. The van der Waals surface area contributed by atoms with Crippen LogP contribution in [0.3, 0.4) is 0 Å². The minimum atomic E-state index is -0.491. The van der Waals surface area contributed by atoms with E-state index in [9.17, 15) is 9.59 Å². The first kappa shape index (κ1) is 17.3. The Labute approximate surface area is 137 Å². The van der Waals surface area contributed by atoms with E-state index in [4.69, 9.17) is 9.47 Å². The smallest absolute Gasteiger partial charge is 0.338 e. The number of amides is 1. The molecule has 2 rings (SSSR count). The van der Waals surface area contributed by atoms with E-state index in [1.165, 1.54) is 0 Å². The van der Waals surface area contributed by atoms with Crippen LogP contribution in [0, 0.1) is 0 Å². The summed E-state index contributed by atoms with van der Waals surface area (Å²) in [5, 5.41) is 0. The summed E-state index contributed by atoms with van der Waals surface area (Å²) >= 11 is 0. The van der Waals surface area contributed by atoms with Gasteiger partial charge in [0.1, 0.15) is 5.75 Å². The van der Waals surface area contributed by atoms with E-state index in [0.29, 0.717) is 17.9 Å². The van der Waals surface area contributed by atoms with Crippen LogP contribution >= 0.6 is 0 Å². The van der Waals surface area contributed by atoms with Crippen LogP contribution in [0.15, 0.2) is 24.3 Å². The van der Waals surface area contributed by atoms with E-state index < -0.39 is 5.97 Å². The van der Waals surface area contributed by atoms with E-state index in [0.717, 1.165) is 45.2 Å². The Balaban J connectivity index is 1.85. The first-order chi connectivity index (χ1) is 11.2. The molecule has 0 atom stereocenters. The van der Waals surface area contributed by atoms with Crippen molar-refractivity contribution in [1.29, 1.82) is 0 Å². The lowest BCUT2D eigenvalue weighted by atomic mass is 10.2. The Kier molecular flexibility index (Phi) is 6.91. The summed E-state index contributed by atoms with van der Waals surface area (Å²) in [6, 6.07) is 6.86. The fraction of sp³-hybridized carbons (Fsp3) is 0.556. The second-order valence-corrected chi connectivity index (χ2v) is 5.75. The van der Waals surface area contributed by atoms with Crippen LogP contribution < -0.4 is 4.74 Å². The molecule has 0 saturated carbocycles. The van der Waals surface area contributed by atoms with Crippen LogP contribution in [0.5, 0.6) is 5.75 Å². The Bertz CT molecular complexity index is 522. The van der Waals surface area contributed by atoms with Gasteiger partial charge in [-0.2, -0.15) is 0 Å². The van der Waals surface area contributed by atoms with E-state index in [-0.39, 0.29) is 12.5 Å². The normalized spacial score (nSPS) is 14.9. The van der Waals surface area contributed by atoms with Gasteiger partial charge >= 0.3 is 5.97 Å². The van der Waals surface area contributed by atoms with Crippen LogP contribution in [0.25, 0.3) is 0 Å². The number of nitrogens with zero attached hydrogens (tertiary/aromatic N) is 1. The molecule has 126 valence electrons. The van der Waals surface area contributed by atoms with Gasteiger partial charge in [0.15, 0.2) is 6.61 Å². The quantitative estimate of drug-likeness (QED) is 0.756. The molecule has 23 heavy (non-hydrogen) atoms. The first-order valence-corrected chi connectivity index (χ1v) is 8.38. The second-order valence-electron chi connectivity index (χ2n) is 5.75. The van der Waals surface area contributed by atoms with Gasteiger partial charge in [0.2, 0.25) is 0 Å². The summed E-state index contributed by atoms with van der Waals surface area (Å²) in [5.74, 6) is 0.0360. The predicted octanol–water partition coefficient (Wildman–Crippen LogP) is 3.03. The monoisotopic (exact) mass is 319 g/mol. The van der Waals surface area contributed by atoms with E-state index in [1.54, 1.807) is 29.2 Å². The molecule has 1 aliphatic rings. The third-order valence-corrected chi connectivity index (χ3v) is 3.83. The SMILES string of the molecule is CCCOc1cccc(C(=O)OCC(=O)N2CCCCCC2)c1. The van der Waals surface area contributed by atoms with Gasteiger partial charge in [-0.3, -0.25) is 4.79 Å². The van der Waals surface area contributed by atoms with Crippen LogP contribution in [-0.2, 0) is 9.53 Å². The molecule has 0 N–H and O–H groups in total. The maximum Gasteiger partial charge on any atom is 0.338 e. The molecule has 0 unspecified atom stereocenters. The lowest BCUT2D eigenvalue weighted by Gasteiger charge is -2.19. The predicted molar refractivity (Wildman–Crippen MR) is 87.6 cm³/mol. The number of carbonyl (C=O) groups excluding carboxylic acids is 2. The number of ether oxygens (including phenoxy) is 2. The van der Waals surface area contributed by atoms with Gasteiger partial charge in [-0.05, 0) is 37.5 Å². The molecule has 5 heteroatoms. The van der Waals surface area contributed by atoms with Crippen LogP contribution in [0.2, 0.25) is 0 Å². The number of hydrogen-bond acceptors (Lipinski definition) is 4. The summed E-state index contributed by atoms with van der Waals surface area (Å²) in [4.78, 5) is 26.0. The van der Waals surface area contributed by atoms with Gasteiger partial charge in [0.25, 0.3) is 5.91 Å². The van der Waals surface area contributed by atoms with Crippen molar-refractivity contribution in [2.45, 2.75) is 39.0 Å².